The van der Waals surface area contributed by atoms with Crippen LogP contribution in [0, 0.1) is 5.92 Å². The second-order valence-electron chi connectivity index (χ2n) is 6.49. The lowest BCUT2D eigenvalue weighted by molar-refractivity contribution is 0.0813. The molecule has 0 spiro atoms. The molecule has 0 N–H and O–H groups in total. The smallest absolute Gasteiger partial charge is 0.119 e. The van der Waals surface area contributed by atoms with E-state index in [0.717, 1.165) is 38.1 Å². The third-order valence-corrected chi connectivity index (χ3v) is 4.18. The highest BCUT2D eigenvalue weighted by Crippen LogP contribution is 2.15. The van der Waals surface area contributed by atoms with E-state index < -0.39 is 0 Å². The Morgan fingerprint density at radius 3 is 2.29 bits per heavy atom. The largest absolute Gasteiger partial charge is 0.491 e. The van der Waals surface area contributed by atoms with Gasteiger partial charge in [-0.2, -0.15) is 0 Å². The summed E-state index contributed by atoms with van der Waals surface area (Å²) in [5.74, 6) is 1.68. The summed E-state index contributed by atoms with van der Waals surface area (Å²) in [4.78, 5) is 0. The van der Waals surface area contributed by atoms with Gasteiger partial charge in [-0.3, -0.25) is 0 Å². The molecule has 1 aromatic carbocycles. The van der Waals surface area contributed by atoms with Crippen molar-refractivity contribution >= 4 is 0 Å². The molecular formula is C20H32O4. The van der Waals surface area contributed by atoms with Crippen LogP contribution in [0.4, 0.5) is 0 Å². The molecular weight excluding hydrogens is 304 g/mol. The first-order valence-electron chi connectivity index (χ1n) is 9.30. The number of ether oxygens (including phenoxy) is 4. The van der Waals surface area contributed by atoms with Crippen molar-refractivity contribution in [1.29, 1.82) is 0 Å². The van der Waals surface area contributed by atoms with E-state index in [0.29, 0.717) is 18.8 Å². The minimum atomic E-state index is 0.343. The van der Waals surface area contributed by atoms with Gasteiger partial charge in [-0.05, 0) is 24.5 Å². The van der Waals surface area contributed by atoms with Crippen molar-refractivity contribution in [3.8, 4) is 5.75 Å². The Balaban J connectivity index is 0.000000175. The monoisotopic (exact) mass is 336 g/mol. The first-order chi connectivity index (χ1) is 11.8. The van der Waals surface area contributed by atoms with Crippen molar-refractivity contribution in [3.63, 3.8) is 0 Å². The number of rotatable bonds is 11. The molecule has 136 valence electrons. The molecule has 2 saturated heterocycles. The first-order valence-corrected chi connectivity index (χ1v) is 9.30. The second-order valence-corrected chi connectivity index (χ2v) is 6.49. The van der Waals surface area contributed by atoms with Crippen molar-refractivity contribution in [2.24, 2.45) is 5.92 Å². The number of hydrogen-bond donors (Lipinski definition) is 0. The van der Waals surface area contributed by atoms with Crippen LogP contribution in [0.15, 0.2) is 30.3 Å². The van der Waals surface area contributed by atoms with Gasteiger partial charge in [0.25, 0.3) is 0 Å². The Hall–Kier alpha value is -1.10. The minimum Gasteiger partial charge on any atom is -0.491 e. The summed E-state index contributed by atoms with van der Waals surface area (Å²) in [6.45, 7) is 8.67. The van der Waals surface area contributed by atoms with E-state index in [1.165, 1.54) is 25.7 Å². The average molecular weight is 336 g/mol. The van der Waals surface area contributed by atoms with Gasteiger partial charge in [-0.15, -0.1) is 0 Å². The normalized spacial score (nSPS) is 22.2. The Kier molecular flexibility index (Phi) is 9.18. The lowest BCUT2D eigenvalue weighted by Crippen LogP contribution is -2.11. The molecule has 3 atom stereocenters. The fourth-order valence-corrected chi connectivity index (χ4v) is 2.30. The molecule has 0 aromatic heterocycles. The van der Waals surface area contributed by atoms with Crippen LogP contribution in [-0.4, -0.2) is 45.2 Å². The zero-order valence-electron chi connectivity index (χ0n) is 15.1. The van der Waals surface area contributed by atoms with E-state index in [1.807, 2.05) is 30.3 Å². The molecule has 2 aliphatic heterocycles. The van der Waals surface area contributed by atoms with Gasteiger partial charge in [-0.1, -0.05) is 51.3 Å². The molecule has 0 saturated carbocycles. The molecule has 2 fully saturated rings. The van der Waals surface area contributed by atoms with Crippen LogP contribution < -0.4 is 4.74 Å². The third-order valence-electron chi connectivity index (χ3n) is 4.18. The molecule has 0 bridgehead atoms. The van der Waals surface area contributed by atoms with Crippen molar-refractivity contribution in [1.82, 2.24) is 0 Å². The Bertz CT molecular complexity index is 415. The lowest BCUT2D eigenvalue weighted by atomic mass is 10.0. The van der Waals surface area contributed by atoms with Gasteiger partial charge < -0.3 is 18.9 Å². The van der Waals surface area contributed by atoms with Crippen molar-refractivity contribution in [3.05, 3.63) is 30.3 Å². The number of unbranched alkanes of at least 4 members (excludes halogenated alkanes) is 1. The SMILES string of the molecule is CCCCC(CC)COCC1CO1.c1ccc(OCC2CO2)cc1. The summed E-state index contributed by atoms with van der Waals surface area (Å²) in [6, 6.07) is 9.79. The highest BCUT2D eigenvalue weighted by molar-refractivity contribution is 5.20. The predicted octanol–water partition coefficient (Wildman–Crippen LogP) is 4.08. The van der Waals surface area contributed by atoms with Gasteiger partial charge in [0.1, 0.15) is 24.6 Å². The van der Waals surface area contributed by atoms with E-state index >= 15 is 0 Å². The van der Waals surface area contributed by atoms with E-state index in [9.17, 15) is 0 Å². The van der Waals surface area contributed by atoms with Crippen LogP contribution in [0.2, 0.25) is 0 Å². The van der Waals surface area contributed by atoms with Crippen molar-refractivity contribution in [2.75, 3.05) is 33.0 Å². The quantitative estimate of drug-likeness (QED) is 0.571. The lowest BCUT2D eigenvalue weighted by Gasteiger charge is -2.13. The predicted molar refractivity (Wildman–Crippen MR) is 95.5 cm³/mol. The molecule has 4 nitrogen and oxygen atoms in total. The zero-order chi connectivity index (χ0) is 17.0. The number of para-hydroxylation sites is 1. The molecule has 24 heavy (non-hydrogen) atoms. The summed E-state index contributed by atoms with van der Waals surface area (Å²) < 4.78 is 21.1. The maximum atomic E-state index is 5.58. The molecule has 2 heterocycles. The first kappa shape index (κ1) is 19.2. The van der Waals surface area contributed by atoms with Gasteiger partial charge in [0.15, 0.2) is 0 Å². The third kappa shape index (κ3) is 9.26. The summed E-state index contributed by atoms with van der Waals surface area (Å²) in [6.07, 6.45) is 5.95. The topological polar surface area (TPSA) is 43.5 Å². The van der Waals surface area contributed by atoms with Crippen LogP contribution in [0.3, 0.4) is 0 Å². The molecule has 3 rings (SSSR count). The zero-order valence-corrected chi connectivity index (χ0v) is 15.1. The second kappa shape index (κ2) is 11.5. The molecule has 2 aliphatic rings. The van der Waals surface area contributed by atoms with E-state index in [-0.39, 0.29) is 0 Å². The summed E-state index contributed by atoms with van der Waals surface area (Å²) >= 11 is 0. The number of epoxide rings is 2. The summed E-state index contributed by atoms with van der Waals surface area (Å²) in [5.41, 5.74) is 0. The van der Waals surface area contributed by atoms with Gasteiger partial charge >= 0.3 is 0 Å². The van der Waals surface area contributed by atoms with E-state index in [1.54, 1.807) is 0 Å². The van der Waals surface area contributed by atoms with Crippen molar-refractivity contribution < 1.29 is 18.9 Å². The van der Waals surface area contributed by atoms with Crippen LogP contribution in [0.5, 0.6) is 5.75 Å². The summed E-state index contributed by atoms with van der Waals surface area (Å²) in [7, 11) is 0. The van der Waals surface area contributed by atoms with Gasteiger partial charge in [0.05, 0.1) is 19.8 Å². The van der Waals surface area contributed by atoms with E-state index in [4.69, 9.17) is 18.9 Å². The molecule has 0 radical (unpaired) electrons. The standard InChI is InChI=1S/C11H22O2.C9H10O2/c1-3-5-6-10(4-2)7-12-8-11-9-13-11;1-2-4-8(5-3-1)10-6-9-7-11-9/h10-11H,3-9H2,1-2H3;1-5,9H,6-7H2. The van der Waals surface area contributed by atoms with Crippen LogP contribution in [0.25, 0.3) is 0 Å². The van der Waals surface area contributed by atoms with Gasteiger partial charge in [0, 0.05) is 6.61 Å². The maximum Gasteiger partial charge on any atom is 0.119 e. The van der Waals surface area contributed by atoms with Crippen LogP contribution in [0.1, 0.15) is 39.5 Å². The summed E-state index contributed by atoms with van der Waals surface area (Å²) in [5, 5.41) is 0. The molecule has 3 unspecified atom stereocenters. The Morgan fingerprint density at radius 2 is 1.71 bits per heavy atom. The fraction of sp³-hybridized carbons (Fsp3) is 0.700. The molecule has 0 aliphatic carbocycles. The van der Waals surface area contributed by atoms with Gasteiger partial charge in [-0.25, -0.2) is 0 Å². The van der Waals surface area contributed by atoms with E-state index in [2.05, 4.69) is 13.8 Å². The van der Waals surface area contributed by atoms with Crippen molar-refractivity contribution in [2.45, 2.75) is 51.7 Å². The Labute approximate surface area is 146 Å². The highest BCUT2D eigenvalue weighted by Gasteiger charge is 2.23. The van der Waals surface area contributed by atoms with Crippen LogP contribution >= 0.6 is 0 Å². The highest BCUT2D eigenvalue weighted by atomic mass is 16.6. The molecule has 0 amide bonds. The minimum absolute atomic E-state index is 0.343. The average Bonchev–Trinajstić information content (AvgIpc) is 3.52. The number of benzene rings is 1. The molecule has 1 aromatic rings. The molecule has 4 heteroatoms. The Morgan fingerprint density at radius 1 is 1.04 bits per heavy atom. The fourth-order valence-electron chi connectivity index (χ4n) is 2.30. The maximum absolute atomic E-state index is 5.58. The van der Waals surface area contributed by atoms with Crippen LogP contribution in [-0.2, 0) is 14.2 Å². The number of hydrogen-bond acceptors (Lipinski definition) is 4. The van der Waals surface area contributed by atoms with Gasteiger partial charge in [0.2, 0.25) is 0 Å².